The zero-order valence-electron chi connectivity index (χ0n) is 13.8. The molecule has 0 radical (unpaired) electrons. The Morgan fingerprint density at radius 2 is 1.65 bits per heavy atom. The lowest BCUT2D eigenvalue weighted by atomic mass is 9.64. The average molecular weight is 309 g/mol. The molecule has 5 nitrogen and oxygen atoms in total. The summed E-state index contributed by atoms with van der Waals surface area (Å²) >= 11 is 0. The van der Waals surface area contributed by atoms with Gasteiger partial charge in [0, 0.05) is 0 Å². The average Bonchev–Trinajstić information content (AvgIpc) is 2.50. The highest BCUT2D eigenvalue weighted by molar-refractivity contribution is 5.81. The summed E-state index contributed by atoms with van der Waals surface area (Å²) in [6.45, 7) is 7.34. The molecule has 0 amide bonds. The Kier molecular flexibility index (Phi) is 5.50. The van der Waals surface area contributed by atoms with Gasteiger partial charge in [0.15, 0.2) is 11.3 Å². The van der Waals surface area contributed by atoms with Gasteiger partial charge in [-0.15, -0.1) is 0 Å². The van der Waals surface area contributed by atoms with Gasteiger partial charge in [-0.3, -0.25) is 4.79 Å². The van der Waals surface area contributed by atoms with Crippen LogP contribution >= 0.6 is 0 Å². The fourth-order valence-corrected chi connectivity index (χ4v) is 2.34. The molecule has 0 saturated heterocycles. The number of carbonyl (C=O) groups excluding carboxylic acids is 1. The normalized spacial score (nSPS) is 12.4. The second-order valence-corrected chi connectivity index (χ2v) is 6.16. The summed E-state index contributed by atoms with van der Waals surface area (Å²) in [4.78, 5) is 11.8. The van der Waals surface area contributed by atoms with E-state index in [-0.39, 0.29) is 6.61 Å². The van der Waals surface area contributed by atoms with Crippen LogP contribution in [0, 0.1) is 39.4 Å². The highest BCUT2D eigenvalue weighted by Gasteiger charge is 2.44. The van der Waals surface area contributed by atoms with Crippen molar-refractivity contribution in [3.8, 4) is 18.2 Å². The van der Waals surface area contributed by atoms with Crippen molar-refractivity contribution in [2.45, 2.75) is 39.0 Å². The van der Waals surface area contributed by atoms with Crippen LogP contribution in [0.5, 0.6) is 0 Å². The Balaban J connectivity index is 3.29. The van der Waals surface area contributed by atoms with E-state index in [9.17, 15) is 20.6 Å². The van der Waals surface area contributed by atoms with Crippen LogP contribution in [0.1, 0.15) is 44.7 Å². The zero-order chi connectivity index (χ0) is 17.7. The van der Waals surface area contributed by atoms with E-state index >= 15 is 0 Å². The van der Waals surface area contributed by atoms with Crippen molar-refractivity contribution in [2.75, 3.05) is 6.61 Å². The molecule has 5 heteroatoms. The van der Waals surface area contributed by atoms with Gasteiger partial charge in [0.2, 0.25) is 0 Å². The molecule has 23 heavy (non-hydrogen) atoms. The molecule has 1 aromatic rings. The van der Waals surface area contributed by atoms with Crippen LogP contribution in [0.4, 0.5) is 0 Å². The van der Waals surface area contributed by atoms with Crippen molar-refractivity contribution in [3.05, 3.63) is 35.4 Å². The summed E-state index contributed by atoms with van der Waals surface area (Å²) < 4.78 is 4.88. The van der Waals surface area contributed by atoms with Gasteiger partial charge < -0.3 is 4.74 Å². The summed E-state index contributed by atoms with van der Waals surface area (Å²) in [5.41, 5.74) is -0.876. The lowest BCUT2D eigenvalue weighted by molar-refractivity contribution is -0.143. The number of hydrogen-bond acceptors (Lipinski definition) is 5. The van der Waals surface area contributed by atoms with E-state index in [1.165, 1.54) is 0 Å². The number of rotatable bonds is 4. The molecule has 0 saturated carbocycles. The van der Waals surface area contributed by atoms with E-state index in [0.717, 1.165) is 0 Å². The van der Waals surface area contributed by atoms with Crippen molar-refractivity contribution >= 4 is 5.97 Å². The Morgan fingerprint density at radius 3 is 2.00 bits per heavy atom. The molecule has 0 aromatic heterocycles. The molecule has 0 aliphatic carbocycles. The van der Waals surface area contributed by atoms with Gasteiger partial charge in [-0.2, -0.15) is 15.8 Å². The van der Waals surface area contributed by atoms with Crippen LogP contribution in [0.2, 0.25) is 0 Å². The smallest absolute Gasteiger partial charge is 0.327 e. The molecule has 0 fully saturated rings. The fraction of sp³-hybridized carbons (Fsp3) is 0.444. The number of nitriles is 3. The first-order valence-corrected chi connectivity index (χ1v) is 7.26. The molecule has 0 N–H and O–H groups in total. The summed E-state index contributed by atoms with van der Waals surface area (Å²) in [6.07, 6.45) is 0. The molecule has 1 aromatic carbocycles. The van der Waals surface area contributed by atoms with E-state index in [4.69, 9.17) is 4.74 Å². The van der Waals surface area contributed by atoms with Crippen molar-refractivity contribution in [1.29, 1.82) is 15.8 Å². The summed E-state index contributed by atoms with van der Waals surface area (Å²) in [6, 6.07) is 12.6. The maximum Gasteiger partial charge on any atom is 0.327 e. The largest absolute Gasteiger partial charge is 0.465 e. The second kappa shape index (κ2) is 6.95. The number of benzene rings is 1. The Morgan fingerprint density at radius 1 is 1.13 bits per heavy atom. The van der Waals surface area contributed by atoms with Crippen LogP contribution in [0.3, 0.4) is 0 Å². The van der Waals surface area contributed by atoms with E-state index in [0.29, 0.717) is 11.1 Å². The standard InChI is InChI=1S/C18H19N3O2/c1-5-23-16(22)15(10-19)13-6-8-14(9-7-13)18(11-20,12-21)17(2,3)4/h6-9,15H,5H2,1-4H3. The van der Waals surface area contributed by atoms with E-state index in [2.05, 4.69) is 12.1 Å². The van der Waals surface area contributed by atoms with Gasteiger partial charge in [0.05, 0.1) is 24.8 Å². The summed E-state index contributed by atoms with van der Waals surface area (Å²) in [5, 5.41) is 28.3. The lowest BCUT2D eigenvalue weighted by Gasteiger charge is -2.33. The fourth-order valence-electron chi connectivity index (χ4n) is 2.34. The van der Waals surface area contributed by atoms with Crippen LogP contribution in [0.25, 0.3) is 0 Å². The van der Waals surface area contributed by atoms with Crippen molar-refractivity contribution < 1.29 is 9.53 Å². The minimum atomic E-state index is -1.31. The minimum absolute atomic E-state index is 0.200. The molecule has 1 atom stereocenters. The molecule has 0 aliphatic rings. The number of hydrogen-bond donors (Lipinski definition) is 0. The predicted molar refractivity (Wildman–Crippen MR) is 83.8 cm³/mol. The molecule has 1 unspecified atom stereocenters. The molecular formula is C18H19N3O2. The predicted octanol–water partition coefficient (Wildman–Crippen LogP) is 3.19. The quantitative estimate of drug-likeness (QED) is 0.795. The van der Waals surface area contributed by atoms with Crippen LogP contribution < -0.4 is 0 Å². The molecule has 0 bridgehead atoms. The van der Waals surface area contributed by atoms with E-state index in [1.807, 2.05) is 26.8 Å². The first kappa shape index (κ1) is 18.2. The second-order valence-electron chi connectivity index (χ2n) is 6.16. The molecule has 118 valence electrons. The van der Waals surface area contributed by atoms with Crippen LogP contribution in [0.15, 0.2) is 24.3 Å². The third-order valence-corrected chi connectivity index (χ3v) is 3.79. The Bertz CT molecular complexity index is 680. The first-order valence-electron chi connectivity index (χ1n) is 7.26. The zero-order valence-corrected chi connectivity index (χ0v) is 13.8. The van der Waals surface area contributed by atoms with Gasteiger partial charge in [-0.1, -0.05) is 45.0 Å². The van der Waals surface area contributed by atoms with Gasteiger partial charge in [-0.25, -0.2) is 0 Å². The number of esters is 1. The highest BCUT2D eigenvalue weighted by Crippen LogP contribution is 2.41. The van der Waals surface area contributed by atoms with Crippen LogP contribution in [-0.4, -0.2) is 12.6 Å². The summed E-state index contributed by atoms with van der Waals surface area (Å²) in [7, 11) is 0. The first-order chi connectivity index (χ1) is 10.8. The van der Waals surface area contributed by atoms with Crippen molar-refractivity contribution in [2.24, 2.45) is 5.41 Å². The Hall–Kier alpha value is -2.84. The van der Waals surface area contributed by atoms with Gasteiger partial charge in [0.1, 0.15) is 0 Å². The van der Waals surface area contributed by atoms with Crippen LogP contribution in [-0.2, 0) is 14.9 Å². The minimum Gasteiger partial charge on any atom is -0.465 e. The monoisotopic (exact) mass is 309 g/mol. The van der Waals surface area contributed by atoms with Crippen molar-refractivity contribution in [3.63, 3.8) is 0 Å². The third kappa shape index (κ3) is 3.33. The van der Waals surface area contributed by atoms with E-state index < -0.39 is 22.7 Å². The summed E-state index contributed by atoms with van der Waals surface area (Å²) in [5.74, 6) is -1.62. The van der Waals surface area contributed by atoms with Gasteiger partial charge >= 0.3 is 5.97 Å². The Labute approximate surface area is 136 Å². The maximum atomic E-state index is 11.8. The molecule has 0 heterocycles. The number of nitrogens with zero attached hydrogens (tertiary/aromatic N) is 3. The van der Waals surface area contributed by atoms with E-state index in [1.54, 1.807) is 31.2 Å². The highest BCUT2D eigenvalue weighted by atomic mass is 16.5. The van der Waals surface area contributed by atoms with Crippen molar-refractivity contribution in [1.82, 2.24) is 0 Å². The number of carbonyl (C=O) groups is 1. The molecule has 1 rings (SSSR count). The molecular weight excluding hydrogens is 290 g/mol. The maximum absolute atomic E-state index is 11.8. The van der Waals surface area contributed by atoms with Gasteiger partial charge in [0.25, 0.3) is 0 Å². The third-order valence-electron chi connectivity index (χ3n) is 3.79. The topological polar surface area (TPSA) is 97.7 Å². The SMILES string of the molecule is CCOC(=O)C(C#N)c1ccc(C(C#N)(C#N)C(C)(C)C)cc1. The number of ether oxygens (including phenoxy) is 1. The van der Waals surface area contributed by atoms with Gasteiger partial charge in [-0.05, 0) is 23.5 Å². The molecule has 0 spiro atoms. The lowest BCUT2D eigenvalue weighted by Crippen LogP contribution is -2.37. The molecule has 0 aliphatic heterocycles.